The number of hydrogen-bond donors (Lipinski definition) is 0. The van der Waals surface area contributed by atoms with Crippen LogP contribution in [0.2, 0.25) is 0 Å². The van der Waals surface area contributed by atoms with Crippen molar-refractivity contribution in [3.8, 4) is 5.69 Å². The molecule has 7 nitrogen and oxygen atoms in total. The molecule has 1 saturated heterocycles. The van der Waals surface area contributed by atoms with Crippen molar-refractivity contribution >= 4 is 17.4 Å². The molecular formula is C19H20N6O. The number of piperazine rings is 1. The van der Waals surface area contributed by atoms with E-state index in [1.807, 2.05) is 54.6 Å². The molecule has 0 aliphatic carbocycles. The van der Waals surface area contributed by atoms with Gasteiger partial charge in [0.2, 0.25) is 5.95 Å². The maximum Gasteiger partial charge on any atom is 0.250 e. The summed E-state index contributed by atoms with van der Waals surface area (Å²) in [5.74, 6) is 0.858. The lowest BCUT2D eigenvalue weighted by Gasteiger charge is -2.36. The minimum Gasteiger partial charge on any atom is -0.368 e. The molecule has 2 heterocycles. The van der Waals surface area contributed by atoms with Gasteiger partial charge in [-0.25, -0.2) is 0 Å². The summed E-state index contributed by atoms with van der Waals surface area (Å²) in [6, 6.07) is 17.7. The minimum absolute atomic E-state index is 0.0918. The summed E-state index contributed by atoms with van der Waals surface area (Å²) in [5, 5.41) is 12.2. The number of nitrogens with zero attached hydrogens (tertiary/aromatic N) is 6. The van der Waals surface area contributed by atoms with Crippen molar-refractivity contribution in [2.24, 2.45) is 0 Å². The predicted molar refractivity (Wildman–Crippen MR) is 100 cm³/mol. The van der Waals surface area contributed by atoms with Gasteiger partial charge in [0.05, 0.1) is 5.69 Å². The highest BCUT2D eigenvalue weighted by Crippen LogP contribution is 2.21. The third-order valence-electron chi connectivity index (χ3n) is 4.66. The molecular weight excluding hydrogens is 328 g/mol. The van der Waals surface area contributed by atoms with Gasteiger partial charge in [0, 0.05) is 37.4 Å². The van der Waals surface area contributed by atoms with Crippen molar-refractivity contribution in [3.63, 3.8) is 0 Å². The largest absolute Gasteiger partial charge is 0.368 e. The van der Waals surface area contributed by atoms with Crippen LogP contribution < -0.4 is 9.80 Å². The molecule has 0 unspecified atom stereocenters. The number of aromatic nitrogens is 4. The molecule has 1 aliphatic rings. The van der Waals surface area contributed by atoms with Gasteiger partial charge in [0.25, 0.3) is 0 Å². The SMILES string of the molecule is CC(=O)c1ccc(N2CCN(c3nnnn3-c3ccccc3)CC2)cc1. The second kappa shape index (κ2) is 6.95. The van der Waals surface area contributed by atoms with E-state index >= 15 is 0 Å². The number of carbonyl (C=O) groups is 1. The molecule has 132 valence electrons. The summed E-state index contributed by atoms with van der Waals surface area (Å²) in [7, 11) is 0. The van der Waals surface area contributed by atoms with E-state index in [1.54, 1.807) is 11.6 Å². The zero-order valence-corrected chi connectivity index (χ0v) is 14.6. The Morgan fingerprint density at radius 3 is 2.15 bits per heavy atom. The van der Waals surface area contributed by atoms with Gasteiger partial charge >= 0.3 is 0 Å². The summed E-state index contributed by atoms with van der Waals surface area (Å²) >= 11 is 0. The van der Waals surface area contributed by atoms with E-state index in [0.717, 1.165) is 49.1 Å². The summed E-state index contributed by atoms with van der Waals surface area (Å²) in [6.45, 7) is 5.01. The number of ketones is 1. The average Bonchev–Trinajstić information content (AvgIpc) is 3.19. The number of Topliss-reactive ketones (excluding diaryl/α,β-unsaturated/α-hetero) is 1. The summed E-state index contributed by atoms with van der Waals surface area (Å²) < 4.78 is 1.78. The van der Waals surface area contributed by atoms with E-state index in [1.165, 1.54) is 0 Å². The lowest BCUT2D eigenvalue weighted by Crippen LogP contribution is -2.47. The van der Waals surface area contributed by atoms with Gasteiger partial charge in [-0.15, -0.1) is 0 Å². The van der Waals surface area contributed by atoms with E-state index in [0.29, 0.717) is 0 Å². The molecule has 4 rings (SSSR count). The molecule has 0 amide bonds. The molecule has 1 aliphatic heterocycles. The van der Waals surface area contributed by atoms with Gasteiger partial charge in [-0.05, 0) is 53.7 Å². The highest BCUT2D eigenvalue weighted by atomic mass is 16.1. The minimum atomic E-state index is 0.0918. The molecule has 26 heavy (non-hydrogen) atoms. The van der Waals surface area contributed by atoms with Crippen LogP contribution in [-0.4, -0.2) is 52.2 Å². The standard InChI is InChI=1S/C19H20N6O/c1-15(26)16-7-9-17(10-8-16)23-11-13-24(14-12-23)19-20-21-22-25(19)18-5-3-2-4-6-18/h2-10H,11-14H2,1H3. The number of carbonyl (C=O) groups excluding carboxylic acids is 1. The fraction of sp³-hybridized carbons (Fsp3) is 0.263. The molecule has 0 saturated carbocycles. The Hall–Kier alpha value is -3.22. The van der Waals surface area contributed by atoms with Gasteiger partial charge in [0.15, 0.2) is 5.78 Å². The van der Waals surface area contributed by atoms with E-state index < -0.39 is 0 Å². The molecule has 0 spiro atoms. The Balaban J connectivity index is 1.46. The molecule has 0 radical (unpaired) electrons. The fourth-order valence-corrected chi connectivity index (χ4v) is 3.19. The average molecular weight is 348 g/mol. The van der Waals surface area contributed by atoms with Gasteiger partial charge < -0.3 is 9.80 Å². The summed E-state index contributed by atoms with van der Waals surface area (Å²) in [6.07, 6.45) is 0. The van der Waals surface area contributed by atoms with Gasteiger partial charge in [-0.2, -0.15) is 4.68 Å². The number of para-hydroxylation sites is 1. The number of tetrazole rings is 1. The zero-order valence-electron chi connectivity index (χ0n) is 14.6. The first-order valence-electron chi connectivity index (χ1n) is 8.67. The van der Waals surface area contributed by atoms with Crippen LogP contribution in [0, 0.1) is 0 Å². The van der Waals surface area contributed by atoms with Crippen molar-refractivity contribution in [2.75, 3.05) is 36.0 Å². The second-order valence-corrected chi connectivity index (χ2v) is 6.30. The maximum absolute atomic E-state index is 11.4. The fourth-order valence-electron chi connectivity index (χ4n) is 3.19. The molecule has 3 aromatic rings. The van der Waals surface area contributed by atoms with Gasteiger partial charge in [-0.3, -0.25) is 4.79 Å². The van der Waals surface area contributed by atoms with Crippen molar-refractivity contribution in [1.29, 1.82) is 0 Å². The lowest BCUT2D eigenvalue weighted by molar-refractivity contribution is 0.101. The molecule has 1 fully saturated rings. The first-order chi connectivity index (χ1) is 12.7. The maximum atomic E-state index is 11.4. The zero-order chi connectivity index (χ0) is 17.9. The first kappa shape index (κ1) is 16.3. The van der Waals surface area contributed by atoms with Crippen molar-refractivity contribution in [3.05, 3.63) is 60.2 Å². The molecule has 0 bridgehead atoms. The van der Waals surface area contributed by atoms with Crippen LogP contribution in [0.4, 0.5) is 11.6 Å². The quantitative estimate of drug-likeness (QED) is 0.674. The van der Waals surface area contributed by atoms with Crippen LogP contribution in [0.3, 0.4) is 0 Å². The third kappa shape index (κ3) is 3.15. The van der Waals surface area contributed by atoms with E-state index in [-0.39, 0.29) is 5.78 Å². The van der Waals surface area contributed by atoms with Crippen LogP contribution in [0.1, 0.15) is 17.3 Å². The van der Waals surface area contributed by atoms with Gasteiger partial charge in [-0.1, -0.05) is 23.3 Å². The molecule has 0 atom stereocenters. The predicted octanol–water partition coefficient (Wildman–Crippen LogP) is 2.19. The van der Waals surface area contributed by atoms with E-state index in [2.05, 4.69) is 25.3 Å². The Morgan fingerprint density at radius 2 is 1.50 bits per heavy atom. The Labute approximate surface area is 151 Å². The topological polar surface area (TPSA) is 67.2 Å². The molecule has 0 N–H and O–H groups in total. The Morgan fingerprint density at radius 1 is 0.846 bits per heavy atom. The van der Waals surface area contributed by atoms with E-state index in [9.17, 15) is 4.79 Å². The molecule has 2 aromatic carbocycles. The van der Waals surface area contributed by atoms with Crippen LogP contribution >= 0.6 is 0 Å². The third-order valence-corrected chi connectivity index (χ3v) is 4.66. The monoisotopic (exact) mass is 348 g/mol. The van der Waals surface area contributed by atoms with Crippen LogP contribution in [0.15, 0.2) is 54.6 Å². The number of anilines is 2. The van der Waals surface area contributed by atoms with Crippen molar-refractivity contribution < 1.29 is 4.79 Å². The number of benzene rings is 2. The first-order valence-corrected chi connectivity index (χ1v) is 8.67. The normalized spacial score (nSPS) is 14.5. The van der Waals surface area contributed by atoms with Crippen molar-refractivity contribution in [2.45, 2.75) is 6.92 Å². The number of hydrogen-bond acceptors (Lipinski definition) is 6. The van der Waals surface area contributed by atoms with Crippen molar-refractivity contribution in [1.82, 2.24) is 20.2 Å². The molecule has 7 heteroatoms. The van der Waals surface area contributed by atoms with Crippen LogP contribution in [-0.2, 0) is 0 Å². The van der Waals surface area contributed by atoms with Crippen LogP contribution in [0.25, 0.3) is 5.69 Å². The Bertz CT molecular complexity index is 882. The highest BCUT2D eigenvalue weighted by molar-refractivity contribution is 5.94. The second-order valence-electron chi connectivity index (χ2n) is 6.30. The van der Waals surface area contributed by atoms with Crippen LogP contribution in [0.5, 0.6) is 0 Å². The Kier molecular flexibility index (Phi) is 4.35. The van der Waals surface area contributed by atoms with E-state index in [4.69, 9.17) is 0 Å². The lowest BCUT2D eigenvalue weighted by atomic mass is 10.1. The number of rotatable bonds is 4. The summed E-state index contributed by atoms with van der Waals surface area (Å²) in [4.78, 5) is 15.9. The summed E-state index contributed by atoms with van der Waals surface area (Å²) in [5.41, 5.74) is 2.83. The smallest absolute Gasteiger partial charge is 0.250 e. The van der Waals surface area contributed by atoms with Gasteiger partial charge in [0.1, 0.15) is 0 Å². The highest BCUT2D eigenvalue weighted by Gasteiger charge is 2.22. The molecule has 1 aromatic heterocycles.